The van der Waals surface area contributed by atoms with Crippen molar-refractivity contribution in [1.82, 2.24) is 0 Å². The summed E-state index contributed by atoms with van der Waals surface area (Å²) < 4.78 is 6.58. The Morgan fingerprint density at radius 2 is 1.81 bits per heavy atom. The predicted molar refractivity (Wildman–Crippen MR) is 97.1 cm³/mol. The van der Waals surface area contributed by atoms with Crippen molar-refractivity contribution < 1.29 is 4.74 Å². The van der Waals surface area contributed by atoms with Crippen molar-refractivity contribution in [2.24, 2.45) is 0 Å². The maximum absolute atomic E-state index is 6.41. The summed E-state index contributed by atoms with van der Waals surface area (Å²) in [5.74, 6) is 0.904. The second-order valence-electron chi connectivity index (χ2n) is 4.73. The fourth-order valence-electron chi connectivity index (χ4n) is 2.15. The normalized spacial score (nSPS) is 10.7. The Labute approximate surface area is 147 Å². The Bertz CT molecular complexity index is 596. The van der Waals surface area contributed by atoms with E-state index in [9.17, 15) is 0 Å². The molecule has 0 spiro atoms. The summed E-state index contributed by atoms with van der Waals surface area (Å²) in [5.41, 5.74) is 3.58. The van der Waals surface area contributed by atoms with E-state index in [1.807, 2.05) is 19.1 Å². The summed E-state index contributed by atoms with van der Waals surface area (Å²) >= 11 is 13.5. The minimum Gasteiger partial charge on any atom is -0.494 e. The van der Waals surface area contributed by atoms with E-state index in [1.54, 1.807) is 0 Å². The summed E-state index contributed by atoms with van der Waals surface area (Å²) in [6.07, 6.45) is 1.78. The first-order valence-corrected chi connectivity index (χ1v) is 9.17. The van der Waals surface area contributed by atoms with Gasteiger partial charge in [-0.05, 0) is 60.7 Å². The van der Waals surface area contributed by atoms with E-state index in [4.69, 9.17) is 16.3 Å². The van der Waals surface area contributed by atoms with E-state index in [2.05, 4.69) is 56.1 Å². The third kappa shape index (κ3) is 4.73. The summed E-state index contributed by atoms with van der Waals surface area (Å²) in [7, 11) is 0. The van der Waals surface area contributed by atoms with Crippen LogP contribution in [0.1, 0.15) is 23.6 Å². The molecule has 2 rings (SSSR count). The zero-order valence-electron chi connectivity index (χ0n) is 11.8. The monoisotopic (exact) mass is 430 g/mol. The standard InChI is InChI=1S/C17H17Br2ClO/c1-2-21-15-5-3-12(4-6-15)9-14-10-16(19)13(7-8-18)11-17(14)20/h3-6,10-11H,2,7-9H2,1H3. The molecule has 0 saturated carbocycles. The van der Waals surface area contributed by atoms with Gasteiger partial charge in [0.2, 0.25) is 0 Å². The van der Waals surface area contributed by atoms with Crippen molar-refractivity contribution in [2.75, 3.05) is 11.9 Å². The van der Waals surface area contributed by atoms with Crippen LogP contribution in [-0.4, -0.2) is 11.9 Å². The summed E-state index contributed by atoms with van der Waals surface area (Å²) in [4.78, 5) is 0. The van der Waals surface area contributed by atoms with Gasteiger partial charge in [0.25, 0.3) is 0 Å². The molecule has 0 N–H and O–H groups in total. The second kappa shape index (κ2) is 8.21. The molecule has 0 aliphatic heterocycles. The van der Waals surface area contributed by atoms with Gasteiger partial charge in [-0.15, -0.1) is 0 Å². The zero-order valence-corrected chi connectivity index (χ0v) is 15.8. The van der Waals surface area contributed by atoms with Crippen LogP contribution in [0.5, 0.6) is 5.75 Å². The molecule has 4 heteroatoms. The number of alkyl halides is 1. The molecule has 0 aromatic heterocycles. The molecule has 0 fully saturated rings. The van der Waals surface area contributed by atoms with Crippen LogP contribution in [0, 0.1) is 0 Å². The van der Waals surface area contributed by atoms with Crippen molar-refractivity contribution >= 4 is 43.5 Å². The lowest BCUT2D eigenvalue weighted by Crippen LogP contribution is -1.95. The molecule has 2 aromatic rings. The topological polar surface area (TPSA) is 9.23 Å². The highest BCUT2D eigenvalue weighted by atomic mass is 79.9. The predicted octanol–water partition coefficient (Wildman–Crippen LogP) is 6.03. The van der Waals surface area contributed by atoms with Crippen LogP contribution >= 0.6 is 43.5 Å². The largest absolute Gasteiger partial charge is 0.494 e. The van der Waals surface area contributed by atoms with Gasteiger partial charge in [0.15, 0.2) is 0 Å². The Balaban J connectivity index is 2.17. The fraction of sp³-hybridized carbons (Fsp3) is 0.294. The first-order chi connectivity index (χ1) is 10.1. The molecule has 21 heavy (non-hydrogen) atoms. The number of halogens is 3. The highest BCUT2D eigenvalue weighted by Crippen LogP contribution is 2.28. The number of hydrogen-bond acceptors (Lipinski definition) is 1. The van der Waals surface area contributed by atoms with Gasteiger partial charge in [-0.25, -0.2) is 0 Å². The summed E-state index contributed by atoms with van der Waals surface area (Å²) in [6.45, 7) is 2.67. The molecule has 0 heterocycles. The molecule has 0 unspecified atom stereocenters. The van der Waals surface area contributed by atoms with Crippen LogP contribution in [0.4, 0.5) is 0 Å². The Morgan fingerprint density at radius 3 is 2.43 bits per heavy atom. The maximum atomic E-state index is 6.41. The lowest BCUT2D eigenvalue weighted by Gasteiger charge is -2.10. The second-order valence-corrected chi connectivity index (χ2v) is 6.78. The molecule has 0 aliphatic rings. The molecule has 112 valence electrons. The average molecular weight is 433 g/mol. The molecule has 1 nitrogen and oxygen atoms in total. The van der Waals surface area contributed by atoms with E-state index in [-0.39, 0.29) is 0 Å². The van der Waals surface area contributed by atoms with Gasteiger partial charge in [-0.1, -0.05) is 55.6 Å². The highest BCUT2D eigenvalue weighted by molar-refractivity contribution is 9.10. The highest BCUT2D eigenvalue weighted by Gasteiger charge is 2.08. The molecular weight excluding hydrogens is 415 g/mol. The lowest BCUT2D eigenvalue weighted by atomic mass is 10.0. The Hall–Kier alpha value is -0.510. The number of ether oxygens (including phenoxy) is 1. The van der Waals surface area contributed by atoms with E-state index >= 15 is 0 Å². The van der Waals surface area contributed by atoms with Gasteiger partial charge in [0.1, 0.15) is 5.75 Å². The molecular formula is C17H17Br2ClO. The third-order valence-electron chi connectivity index (χ3n) is 3.21. The molecule has 0 atom stereocenters. The van der Waals surface area contributed by atoms with Gasteiger partial charge in [0, 0.05) is 14.8 Å². The molecule has 0 bridgehead atoms. The van der Waals surface area contributed by atoms with Crippen molar-refractivity contribution in [3.8, 4) is 5.75 Å². The van der Waals surface area contributed by atoms with E-state index in [1.165, 1.54) is 11.1 Å². The van der Waals surface area contributed by atoms with Crippen molar-refractivity contribution in [1.29, 1.82) is 0 Å². The average Bonchev–Trinajstić information content (AvgIpc) is 2.47. The molecule has 0 aliphatic carbocycles. The van der Waals surface area contributed by atoms with Gasteiger partial charge in [0.05, 0.1) is 6.61 Å². The quantitative estimate of drug-likeness (QED) is 0.507. The number of rotatable bonds is 6. The Morgan fingerprint density at radius 1 is 1.10 bits per heavy atom. The Kier molecular flexibility index (Phi) is 6.59. The first kappa shape index (κ1) is 16.9. The van der Waals surface area contributed by atoms with Crippen molar-refractivity contribution in [3.05, 3.63) is 62.6 Å². The van der Waals surface area contributed by atoms with Gasteiger partial charge < -0.3 is 4.74 Å². The van der Waals surface area contributed by atoms with Crippen LogP contribution in [-0.2, 0) is 12.8 Å². The van der Waals surface area contributed by atoms with Crippen LogP contribution in [0.25, 0.3) is 0 Å². The summed E-state index contributed by atoms with van der Waals surface area (Å²) in [6, 6.07) is 12.3. The first-order valence-electron chi connectivity index (χ1n) is 6.88. The fourth-order valence-corrected chi connectivity index (χ4v) is 3.42. The van der Waals surface area contributed by atoms with Gasteiger partial charge >= 0.3 is 0 Å². The number of benzene rings is 2. The molecule has 0 amide bonds. The lowest BCUT2D eigenvalue weighted by molar-refractivity contribution is 0.340. The van der Waals surface area contributed by atoms with E-state index < -0.39 is 0 Å². The maximum Gasteiger partial charge on any atom is 0.119 e. The minimum absolute atomic E-state index is 0.688. The molecule has 0 saturated heterocycles. The zero-order chi connectivity index (χ0) is 15.2. The molecule has 0 radical (unpaired) electrons. The third-order valence-corrected chi connectivity index (χ3v) is 4.69. The SMILES string of the molecule is CCOc1ccc(Cc2cc(Br)c(CCBr)cc2Cl)cc1. The minimum atomic E-state index is 0.688. The van der Waals surface area contributed by atoms with Crippen LogP contribution in [0.15, 0.2) is 40.9 Å². The van der Waals surface area contributed by atoms with E-state index in [0.29, 0.717) is 6.61 Å². The number of hydrogen-bond donors (Lipinski definition) is 0. The van der Waals surface area contributed by atoms with Crippen molar-refractivity contribution in [2.45, 2.75) is 19.8 Å². The number of aryl methyl sites for hydroxylation is 1. The van der Waals surface area contributed by atoms with Crippen LogP contribution in [0.2, 0.25) is 5.02 Å². The van der Waals surface area contributed by atoms with Crippen LogP contribution in [0.3, 0.4) is 0 Å². The van der Waals surface area contributed by atoms with Gasteiger partial charge in [-0.3, -0.25) is 0 Å². The van der Waals surface area contributed by atoms with Crippen LogP contribution < -0.4 is 4.74 Å². The molecule has 2 aromatic carbocycles. The van der Waals surface area contributed by atoms with Gasteiger partial charge in [-0.2, -0.15) is 0 Å². The van der Waals surface area contributed by atoms with Crippen molar-refractivity contribution in [3.63, 3.8) is 0 Å². The summed E-state index contributed by atoms with van der Waals surface area (Å²) in [5, 5.41) is 1.75. The smallest absolute Gasteiger partial charge is 0.119 e. The van der Waals surface area contributed by atoms with E-state index in [0.717, 1.165) is 39.0 Å².